The number of amides is 1. The molecule has 4 nitrogen and oxygen atoms in total. The monoisotopic (exact) mass is 383 g/mol. The Bertz CT molecular complexity index is 1110. The number of ether oxygens (including phenoxy) is 1. The third-order valence-corrected chi connectivity index (χ3v) is 6.39. The van der Waals surface area contributed by atoms with Gasteiger partial charge in [-0.1, -0.05) is 60.7 Å². The van der Waals surface area contributed by atoms with Crippen LogP contribution >= 0.6 is 0 Å². The number of benzene rings is 3. The van der Waals surface area contributed by atoms with Gasteiger partial charge in [0, 0.05) is 30.1 Å². The number of carbonyl (C=O) groups is 2. The van der Waals surface area contributed by atoms with Gasteiger partial charge in [-0.05, 0) is 29.3 Å². The zero-order valence-corrected chi connectivity index (χ0v) is 16.3. The Balaban J connectivity index is 1.67. The Morgan fingerprint density at radius 2 is 1.59 bits per heavy atom. The largest absolute Gasteiger partial charge is 0.497 e. The molecule has 0 saturated heterocycles. The number of anilines is 1. The van der Waals surface area contributed by atoms with E-state index in [1.807, 2.05) is 78.9 Å². The van der Waals surface area contributed by atoms with Crippen molar-refractivity contribution in [2.75, 3.05) is 19.1 Å². The fourth-order valence-corrected chi connectivity index (χ4v) is 5.01. The highest BCUT2D eigenvalue weighted by atomic mass is 16.5. The first kappa shape index (κ1) is 17.7. The molecule has 144 valence electrons. The molecule has 0 radical (unpaired) electrons. The number of nitrogens with zero attached hydrogens (tertiary/aromatic N) is 1. The number of ketones is 1. The van der Waals surface area contributed by atoms with Gasteiger partial charge in [0.05, 0.1) is 12.5 Å². The van der Waals surface area contributed by atoms with E-state index in [1.54, 1.807) is 19.1 Å². The summed E-state index contributed by atoms with van der Waals surface area (Å²) in [5.41, 5.74) is 2.63. The van der Waals surface area contributed by atoms with Crippen LogP contribution in [0.25, 0.3) is 0 Å². The van der Waals surface area contributed by atoms with Crippen LogP contribution in [0.5, 0.6) is 5.75 Å². The fourth-order valence-electron chi connectivity index (χ4n) is 5.01. The zero-order valence-electron chi connectivity index (χ0n) is 16.3. The van der Waals surface area contributed by atoms with Crippen LogP contribution in [0, 0.1) is 5.92 Å². The summed E-state index contributed by atoms with van der Waals surface area (Å²) in [7, 11) is 3.42. The average molecular weight is 383 g/mol. The summed E-state index contributed by atoms with van der Waals surface area (Å²) in [6, 6.07) is 24.8. The molecule has 0 aromatic heterocycles. The molecule has 1 saturated carbocycles. The second-order valence-corrected chi connectivity index (χ2v) is 7.71. The predicted octanol–water partition coefficient (Wildman–Crippen LogP) is 4.21. The van der Waals surface area contributed by atoms with Gasteiger partial charge in [0.15, 0.2) is 5.78 Å². The molecule has 0 bridgehead atoms. The lowest BCUT2D eigenvalue weighted by Crippen LogP contribution is -2.31. The molecule has 1 amide bonds. The number of likely N-dealkylation sites (N-methyl/N-ethyl adjacent to an activating group) is 1. The van der Waals surface area contributed by atoms with E-state index in [1.165, 1.54) is 0 Å². The van der Waals surface area contributed by atoms with Crippen molar-refractivity contribution < 1.29 is 14.3 Å². The zero-order chi connectivity index (χ0) is 20.2. The van der Waals surface area contributed by atoms with Gasteiger partial charge in [0.1, 0.15) is 5.75 Å². The van der Waals surface area contributed by atoms with Gasteiger partial charge in [-0.2, -0.15) is 0 Å². The maximum absolute atomic E-state index is 13.5. The van der Waals surface area contributed by atoms with E-state index in [0.717, 1.165) is 22.6 Å². The van der Waals surface area contributed by atoms with Crippen molar-refractivity contribution in [2.45, 2.75) is 11.3 Å². The molecule has 2 aliphatic rings. The Morgan fingerprint density at radius 1 is 0.931 bits per heavy atom. The Hall–Kier alpha value is -3.40. The van der Waals surface area contributed by atoms with Crippen LogP contribution in [0.2, 0.25) is 0 Å². The fraction of sp³-hybridized carbons (Fsp3) is 0.200. The number of Topliss-reactive ketones (excluding diaryl/α,β-unsaturated/α-hetero) is 1. The van der Waals surface area contributed by atoms with E-state index in [9.17, 15) is 9.59 Å². The smallest absolute Gasteiger partial charge is 0.238 e. The molecule has 1 fully saturated rings. The van der Waals surface area contributed by atoms with Crippen LogP contribution in [0.3, 0.4) is 0 Å². The molecule has 4 heteroatoms. The summed E-state index contributed by atoms with van der Waals surface area (Å²) in [5.74, 6) is 0.153. The number of carbonyl (C=O) groups excluding carboxylic acids is 2. The van der Waals surface area contributed by atoms with Gasteiger partial charge >= 0.3 is 0 Å². The Labute approximate surface area is 169 Å². The topological polar surface area (TPSA) is 46.6 Å². The van der Waals surface area contributed by atoms with Gasteiger partial charge in [-0.15, -0.1) is 0 Å². The molecule has 3 aromatic carbocycles. The molecule has 1 unspecified atom stereocenters. The highest BCUT2D eigenvalue weighted by Crippen LogP contribution is 2.71. The van der Waals surface area contributed by atoms with E-state index in [2.05, 4.69) is 0 Å². The molecular weight excluding hydrogens is 362 g/mol. The SMILES string of the molecule is COc1ccc([C@@H]2C(C(=O)c3ccccc3)[C@]23C(=O)N(C)c2ccccc23)cc1. The van der Waals surface area contributed by atoms with E-state index in [-0.39, 0.29) is 17.6 Å². The van der Waals surface area contributed by atoms with Gasteiger partial charge in [0.2, 0.25) is 5.91 Å². The van der Waals surface area contributed by atoms with Gasteiger partial charge in [-0.3, -0.25) is 9.59 Å². The van der Waals surface area contributed by atoms with Crippen molar-refractivity contribution in [1.82, 2.24) is 0 Å². The maximum Gasteiger partial charge on any atom is 0.238 e. The molecule has 5 rings (SSSR count). The first-order chi connectivity index (χ1) is 14.1. The minimum atomic E-state index is -0.840. The Kier molecular flexibility index (Phi) is 3.85. The van der Waals surface area contributed by atoms with Gasteiger partial charge in [0.25, 0.3) is 0 Å². The van der Waals surface area contributed by atoms with Crippen molar-refractivity contribution in [2.24, 2.45) is 5.92 Å². The highest BCUT2D eigenvalue weighted by Gasteiger charge is 2.76. The van der Waals surface area contributed by atoms with Gasteiger partial charge in [-0.25, -0.2) is 0 Å². The quantitative estimate of drug-likeness (QED) is 0.634. The van der Waals surface area contributed by atoms with Crippen molar-refractivity contribution in [3.8, 4) is 5.75 Å². The molecule has 1 aliphatic heterocycles. The number of rotatable bonds is 4. The summed E-state index contributed by atoms with van der Waals surface area (Å²) in [4.78, 5) is 28.8. The second kappa shape index (κ2) is 6.31. The first-order valence-corrected chi connectivity index (χ1v) is 9.71. The second-order valence-electron chi connectivity index (χ2n) is 7.71. The predicted molar refractivity (Wildman–Crippen MR) is 112 cm³/mol. The lowest BCUT2D eigenvalue weighted by molar-refractivity contribution is -0.120. The first-order valence-electron chi connectivity index (χ1n) is 9.71. The molecule has 1 heterocycles. The summed E-state index contributed by atoms with van der Waals surface area (Å²) < 4.78 is 5.28. The molecule has 1 aliphatic carbocycles. The lowest BCUT2D eigenvalue weighted by atomic mass is 9.90. The van der Waals surface area contributed by atoms with Crippen molar-refractivity contribution >= 4 is 17.4 Å². The third-order valence-electron chi connectivity index (χ3n) is 6.39. The van der Waals surface area contributed by atoms with Crippen LogP contribution in [-0.2, 0) is 10.2 Å². The Morgan fingerprint density at radius 3 is 2.28 bits per heavy atom. The minimum absolute atomic E-state index is 0.00574. The van der Waals surface area contributed by atoms with Gasteiger partial charge < -0.3 is 9.64 Å². The summed E-state index contributed by atoms with van der Waals surface area (Å²) in [6.07, 6.45) is 0. The van der Waals surface area contributed by atoms with Crippen LogP contribution in [0.1, 0.15) is 27.4 Å². The van der Waals surface area contributed by atoms with E-state index < -0.39 is 11.3 Å². The van der Waals surface area contributed by atoms with Crippen LogP contribution in [0.4, 0.5) is 5.69 Å². The molecule has 1 spiro atoms. The van der Waals surface area contributed by atoms with Crippen molar-refractivity contribution in [3.05, 3.63) is 95.6 Å². The molecule has 3 aromatic rings. The number of hydrogen-bond acceptors (Lipinski definition) is 3. The maximum atomic E-state index is 13.5. The standard InChI is InChI=1S/C25H21NO3/c1-26-20-11-7-6-10-19(20)25(24(26)28)21(16-12-14-18(29-2)15-13-16)22(25)23(27)17-8-4-3-5-9-17/h3-15,21-22H,1-2H3/t21-,22?,25-/m1/s1. The average Bonchev–Trinajstić information content (AvgIpc) is 3.43. The third kappa shape index (κ3) is 2.32. The van der Waals surface area contributed by atoms with Crippen molar-refractivity contribution in [1.29, 1.82) is 0 Å². The molecule has 29 heavy (non-hydrogen) atoms. The number of methoxy groups -OCH3 is 1. The lowest BCUT2D eigenvalue weighted by Gasteiger charge is -2.12. The van der Waals surface area contributed by atoms with E-state index in [0.29, 0.717) is 5.56 Å². The summed E-state index contributed by atoms with van der Waals surface area (Å²) in [5, 5.41) is 0. The molecule has 0 N–H and O–H groups in total. The van der Waals surface area contributed by atoms with Crippen LogP contribution < -0.4 is 9.64 Å². The van der Waals surface area contributed by atoms with E-state index >= 15 is 0 Å². The number of hydrogen-bond donors (Lipinski definition) is 0. The number of para-hydroxylation sites is 1. The van der Waals surface area contributed by atoms with Crippen LogP contribution in [-0.4, -0.2) is 25.8 Å². The summed E-state index contributed by atoms with van der Waals surface area (Å²) in [6.45, 7) is 0. The normalized spacial score (nSPS) is 24.5. The highest BCUT2D eigenvalue weighted by molar-refractivity contribution is 6.18. The minimum Gasteiger partial charge on any atom is -0.497 e. The summed E-state index contributed by atoms with van der Waals surface area (Å²) >= 11 is 0. The molecule has 3 atom stereocenters. The van der Waals surface area contributed by atoms with Crippen LogP contribution in [0.15, 0.2) is 78.9 Å². The van der Waals surface area contributed by atoms with Crippen molar-refractivity contribution in [3.63, 3.8) is 0 Å². The number of fused-ring (bicyclic) bond motifs is 2. The van der Waals surface area contributed by atoms with E-state index in [4.69, 9.17) is 4.74 Å². The molecular formula is C25H21NO3.